The maximum absolute atomic E-state index is 14.3. The first kappa shape index (κ1) is 17.5. The zero-order valence-corrected chi connectivity index (χ0v) is 14.6. The van der Waals surface area contributed by atoms with Crippen LogP contribution in [-0.4, -0.2) is 12.7 Å². The van der Waals surface area contributed by atoms with Gasteiger partial charge in [-0.05, 0) is 62.1 Å². The summed E-state index contributed by atoms with van der Waals surface area (Å²) in [6, 6.07) is 10.9. The molecule has 0 aliphatic rings. The van der Waals surface area contributed by atoms with E-state index in [1.54, 1.807) is 19.2 Å². The standard InChI is InChI=1S/C20H25FO2/c1-6-14-7-9-17(15(11-14)13-23-20(2,3)4)18-12-16(22-5)8-10-19(18)21/h7-12H,6,13H2,1-5H3. The second kappa shape index (κ2) is 7.14. The van der Waals surface area contributed by atoms with Gasteiger partial charge in [0.2, 0.25) is 0 Å². The van der Waals surface area contributed by atoms with Crippen LogP contribution in [0.2, 0.25) is 0 Å². The molecule has 0 saturated heterocycles. The summed E-state index contributed by atoms with van der Waals surface area (Å²) in [5.74, 6) is 0.385. The summed E-state index contributed by atoms with van der Waals surface area (Å²) in [4.78, 5) is 0. The second-order valence-corrected chi connectivity index (χ2v) is 6.59. The van der Waals surface area contributed by atoms with Gasteiger partial charge in [0, 0.05) is 5.56 Å². The third kappa shape index (κ3) is 4.55. The summed E-state index contributed by atoms with van der Waals surface area (Å²) in [7, 11) is 1.58. The molecule has 2 aromatic carbocycles. The number of hydrogen-bond acceptors (Lipinski definition) is 2. The Morgan fingerprint density at radius 3 is 2.35 bits per heavy atom. The van der Waals surface area contributed by atoms with Crippen LogP contribution in [-0.2, 0) is 17.8 Å². The van der Waals surface area contributed by atoms with Crippen molar-refractivity contribution in [2.75, 3.05) is 7.11 Å². The van der Waals surface area contributed by atoms with Crippen LogP contribution < -0.4 is 4.74 Å². The summed E-state index contributed by atoms with van der Waals surface area (Å²) in [5.41, 5.74) is 3.35. The number of rotatable bonds is 5. The Balaban J connectivity index is 2.48. The second-order valence-electron chi connectivity index (χ2n) is 6.59. The van der Waals surface area contributed by atoms with Crippen LogP contribution in [0.25, 0.3) is 11.1 Å². The summed E-state index contributed by atoms with van der Waals surface area (Å²) in [6.45, 7) is 8.60. The number of hydrogen-bond donors (Lipinski definition) is 0. The molecule has 124 valence electrons. The van der Waals surface area contributed by atoms with E-state index in [0.717, 1.165) is 17.5 Å². The Labute approximate surface area is 138 Å². The molecule has 0 N–H and O–H groups in total. The maximum Gasteiger partial charge on any atom is 0.131 e. The van der Waals surface area contributed by atoms with Gasteiger partial charge in [-0.2, -0.15) is 0 Å². The van der Waals surface area contributed by atoms with Crippen LogP contribution >= 0.6 is 0 Å². The van der Waals surface area contributed by atoms with Crippen molar-refractivity contribution in [1.29, 1.82) is 0 Å². The quantitative estimate of drug-likeness (QED) is 0.737. The highest BCUT2D eigenvalue weighted by Gasteiger charge is 2.15. The lowest BCUT2D eigenvalue weighted by Crippen LogP contribution is -2.19. The monoisotopic (exact) mass is 316 g/mol. The van der Waals surface area contributed by atoms with Crippen molar-refractivity contribution in [3.05, 3.63) is 53.3 Å². The topological polar surface area (TPSA) is 18.5 Å². The highest BCUT2D eigenvalue weighted by molar-refractivity contribution is 5.69. The lowest BCUT2D eigenvalue weighted by Gasteiger charge is -2.21. The van der Waals surface area contributed by atoms with Crippen molar-refractivity contribution >= 4 is 0 Å². The fourth-order valence-electron chi connectivity index (χ4n) is 2.38. The van der Waals surface area contributed by atoms with Gasteiger partial charge in [-0.25, -0.2) is 4.39 Å². The Hall–Kier alpha value is -1.87. The molecule has 0 heterocycles. The fourth-order valence-corrected chi connectivity index (χ4v) is 2.38. The first-order valence-corrected chi connectivity index (χ1v) is 7.93. The van der Waals surface area contributed by atoms with Crippen molar-refractivity contribution in [3.8, 4) is 16.9 Å². The molecule has 2 rings (SSSR count). The molecule has 0 saturated carbocycles. The molecule has 0 atom stereocenters. The minimum Gasteiger partial charge on any atom is -0.497 e. The molecule has 3 heteroatoms. The molecule has 0 amide bonds. The highest BCUT2D eigenvalue weighted by atomic mass is 19.1. The predicted molar refractivity (Wildman–Crippen MR) is 92.3 cm³/mol. The van der Waals surface area contributed by atoms with Crippen molar-refractivity contribution in [3.63, 3.8) is 0 Å². The van der Waals surface area contributed by atoms with Gasteiger partial charge in [-0.15, -0.1) is 0 Å². The average molecular weight is 316 g/mol. The molecule has 0 aliphatic carbocycles. The lowest BCUT2D eigenvalue weighted by molar-refractivity contribution is -0.0147. The molecule has 0 radical (unpaired) electrons. The molecular formula is C20H25FO2. The minimum atomic E-state index is -0.257. The van der Waals surface area contributed by atoms with E-state index in [1.807, 2.05) is 32.9 Å². The predicted octanol–water partition coefficient (Wildman–Crippen LogP) is 5.38. The molecule has 0 unspecified atom stereocenters. The third-order valence-corrected chi connectivity index (χ3v) is 3.70. The number of ether oxygens (including phenoxy) is 2. The Morgan fingerprint density at radius 1 is 1.00 bits per heavy atom. The van der Waals surface area contributed by atoms with Crippen LogP contribution in [0.3, 0.4) is 0 Å². The highest BCUT2D eigenvalue weighted by Crippen LogP contribution is 2.31. The molecule has 0 fully saturated rings. The molecular weight excluding hydrogens is 291 g/mol. The lowest BCUT2D eigenvalue weighted by atomic mass is 9.96. The van der Waals surface area contributed by atoms with Crippen molar-refractivity contribution in [2.24, 2.45) is 0 Å². The van der Waals surface area contributed by atoms with E-state index in [4.69, 9.17) is 9.47 Å². The molecule has 0 aliphatic heterocycles. The summed E-state index contributed by atoms with van der Waals surface area (Å²) < 4.78 is 25.5. The number of methoxy groups -OCH3 is 1. The van der Waals surface area contributed by atoms with Crippen LogP contribution in [0, 0.1) is 5.82 Å². The zero-order valence-electron chi connectivity index (χ0n) is 14.6. The van der Waals surface area contributed by atoms with E-state index < -0.39 is 0 Å². The zero-order chi connectivity index (χ0) is 17.0. The first-order valence-electron chi connectivity index (χ1n) is 7.93. The van der Waals surface area contributed by atoms with Gasteiger partial charge < -0.3 is 9.47 Å². The van der Waals surface area contributed by atoms with Crippen molar-refractivity contribution in [2.45, 2.75) is 46.3 Å². The molecule has 0 aromatic heterocycles. The molecule has 0 bridgehead atoms. The van der Waals surface area contributed by atoms with Gasteiger partial charge in [0.15, 0.2) is 0 Å². The summed E-state index contributed by atoms with van der Waals surface area (Å²) in [5, 5.41) is 0. The smallest absolute Gasteiger partial charge is 0.131 e. The van der Waals surface area contributed by atoms with Crippen LogP contribution in [0.4, 0.5) is 4.39 Å². The number of aryl methyl sites for hydroxylation is 1. The normalized spacial score (nSPS) is 11.6. The van der Waals surface area contributed by atoms with E-state index in [-0.39, 0.29) is 11.4 Å². The molecule has 23 heavy (non-hydrogen) atoms. The minimum absolute atomic E-state index is 0.244. The van der Waals surface area contributed by atoms with Crippen molar-refractivity contribution < 1.29 is 13.9 Å². The van der Waals surface area contributed by atoms with Crippen LogP contribution in [0.1, 0.15) is 38.8 Å². The van der Waals surface area contributed by atoms with Crippen LogP contribution in [0.15, 0.2) is 36.4 Å². The number of benzene rings is 2. The van der Waals surface area contributed by atoms with E-state index in [9.17, 15) is 4.39 Å². The Kier molecular flexibility index (Phi) is 5.42. The van der Waals surface area contributed by atoms with E-state index >= 15 is 0 Å². The van der Waals surface area contributed by atoms with E-state index in [1.165, 1.54) is 11.6 Å². The van der Waals surface area contributed by atoms with Gasteiger partial charge in [0.1, 0.15) is 11.6 Å². The fraction of sp³-hybridized carbons (Fsp3) is 0.400. The average Bonchev–Trinajstić information content (AvgIpc) is 2.52. The van der Waals surface area contributed by atoms with Gasteiger partial charge in [0.05, 0.1) is 19.3 Å². The number of halogens is 1. The first-order chi connectivity index (χ1) is 10.8. The molecule has 0 spiro atoms. The maximum atomic E-state index is 14.3. The Bertz CT molecular complexity index is 672. The van der Waals surface area contributed by atoms with Gasteiger partial charge in [0.25, 0.3) is 0 Å². The van der Waals surface area contributed by atoms with Gasteiger partial charge >= 0.3 is 0 Å². The van der Waals surface area contributed by atoms with Gasteiger partial charge in [-0.1, -0.05) is 25.1 Å². The molecule has 2 nitrogen and oxygen atoms in total. The van der Waals surface area contributed by atoms with Crippen LogP contribution in [0.5, 0.6) is 5.75 Å². The SMILES string of the molecule is CCc1ccc(-c2cc(OC)ccc2F)c(COC(C)(C)C)c1. The van der Waals surface area contributed by atoms with E-state index in [2.05, 4.69) is 13.0 Å². The van der Waals surface area contributed by atoms with Crippen molar-refractivity contribution in [1.82, 2.24) is 0 Å². The Morgan fingerprint density at radius 2 is 1.74 bits per heavy atom. The summed E-state index contributed by atoms with van der Waals surface area (Å²) in [6.07, 6.45) is 0.934. The van der Waals surface area contributed by atoms with E-state index in [0.29, 0.717) is 17.9 Å². The molecule has 2 aromatic rings. The summed E-state index contributed by atoms with van der Waals surface area (Å²) >= 11 is 0. The third-order valence-electron chi connectivity index (χ3n) is 3.70. The van der Waals surface area contributed by atoms with Gasteiger partial charge in [-0.3, -0.25) is 0 Å². The largest absolute Gasteiger partial charge is 0.497 e.